The molecule has 0 aliphatic heterocycles. The minimum absolute atomic E-state index is 0.279. The largest absolute Gasteiger partial charge is 0.451 e. The average Bonchev–Trinajstić information content (AvgIpc) is 2.95. The molecular weight excluding hydrogens is 242 g/mol. The number of aryl methyl sites for hydroxylation is 2. The molecule has 1 aromatic carbocycles. The van der Waals surface area contributed by atoms with Crippen LogP contribution >= 0.6 is 0 Å². The van der Waals surface area contributed by atoms with E-state index in [1.807, 2.05) is 32.0 Å². The third-order valence-electron chi connectivity index (χ3n) is 2.84. The van der Waals surface area contributed by atoms with Gasteiger partial charge in [0.15, 0.2) is 11.6 Å². The molecule has 5 nitrogen and oxygen atoms in total. The molecule has 0 aliphatic rings. The topological polar surface area (TPSA) is 70.9 Å². The Hall–Kier alpha value is -2.56. The summed E-state index contributed by atoms with van der Waals surface area (Å²) < 4.78 is 5.51. The summed E-state index contributed by atoms with van der Waals surface area (Å²) >= 11 is 0. The lowest BCUT2D eigenvalue weighted by Crippen LogP contribution is -2.10. The van der Waals surface area contributed by atoms with Gasteiger partial charge in [-0.05, 0) is 32.0 Å². The van der Waals surface area contributed by atoms with Crippen molar-refractivity contribution in [1.29, 1.82) is 0 Å². The highest BCUT2D eigenvalue weighted by Gasteiger charge is 2.13. The number of nitrogens with zero attached hydrogens (tertiary/aromatic N) is 1. The van der Waals surface area contributed by atoms with Crippen LogP contribution in [0.1, 0.15) is 21.8 Å². The number of H-pyrrole nitrogens is 1. The smallest absolute Gasteiger partial charge is 0.292 e. The van der Waals surface area contributed by atoms with Gasteiger partial charge in [-0.15, -0.1) is 0 Å². The number of rotatable bonds is 2. The van der Waals surface area contributed by atoms with Gasteiger partial charge in [0.1, 0.15) is 5.58 Å². The molecule has 0 radical (unpaired) electrons. The van der Waals surface area contributed by atoms with Gasteiger partial charge in [-0.1, -0.05) is 11.6 Å². The summed E-state index contributed by atoms with van der Waals surface area (Å²) in [5.74, 6) is 0.459. The number of nitrogens with one attached hydrogen (secondary N) is 2. The first kappa shape index (κ1) is 11.5. The Morgan fingerprint density at radius 1 is 1.26 bits per heavy atom. The van der Waals surface area contributed by atoms with Gasteiger partial charge in [-0.3, -0.25) is 9.89 Å². The number of amides is 1. The fourth-order valence-electron chi connectivity index (χ4n) is 1.93. The van der Waals surface area contributed by atoms with Gasteiger partial charge < -0.3 is 9.73 Å². The van der Waals surface area contributed by atoms with Gasteiger partial charge >= 0.3 is 0 Å². The minimum atomic E-state index is -0.305. The van der Waals surface area contributed by atoms with E-state index in [9.17, 15) is 4.79 Å². The molecule has 0 fully saturated rings. The molecule has 0 bridgehead atoms. The molecule has 1 amide bonds. The Balaban J connectivity index is 1.89. The Bertz CT molecular complexity index is 755. The zero-order valence-corrected chi connectivity index (χ0v) is 10.7. The first-order chi connectivity index (χ1) is 9.11. The Morgan fingerprint density at radius 2 is 2.11 bits per heavy atom. The summed E-state index contributed by atoms with van der Waals surface area (Å²) in [6, 6.07) is 9.28. The van der Waals surface area contributed by atoms with E-state index in [0.29, 0.717) is 11.4 Å². The number of hydrogen-bond donors (Lipinski definition) is 2. The maximum absolute atomic E-state index is 12.0. The molecular formula is C14H13N3O2. The van der Waals surface area contributed by atoms with Crippen molar-refractivity contribution < 1.29 is 9.21 Å². The molecule has 2 aromatic heterocycles. The molecule has 0 atom stereocenters. The van der Waals surface area contributed by atoms with Crippen molar-refractivity contribution in [3.05, 3.63) is 47.3 Å². The van der Waals surface area contributed by atoms with Crippen molar-refractivity contribution in [2.75, 3.05) is 5.32 Å². The molecule has 2 N–H and O–H groups in total. The maximum atomic E-state index is 12.0. The summed E-state index contributed by atoms with van der Waals surface area (Å²) in [4.78, 5) is 12.0. The van der Waals surface area contributed by atoms with Crippen LogP contribution in [0.4, 0.5) is 5.82 Å². The van der Waals surface area contributed by atoms with Crippen molar-refractivity contribution >= 4 is 22.7 Å². The van der Waals surface area contributed by atoms with Gasteiger partial charge in [-0.2, -0.15) is 5.10 Å². The van der Waals surface area contributed by atoms with Crippen LogP contribution < -0.4 is 5.32 Å². The molecule has 96 valence electrons. The van der Waals surface area contributed by atoms with Crippen LogP contribution in [-0.4, -0.2) is 16.1 Å². The summed E-state index contributed by atoms with van der Waals surface area (Å²) in [5, 5.41) is 10.3. The number of carbonyl (C=O) groups is 1. The van der Waals surface area contributed by atoms with Gasteiger partial charge in [0.05, 0.1) is 0 Å². The molecule has 0 saturated heterocycles. The number of aromatic nitrogens is 2. The van der Waals surface area contributed by atoms with Crippen molar-refractivity contribution in [2.45, 2.75) is 13.8 Å². The molecule has 3 aromatic rings. The summed E-state index contributed by atoms with van der Waals surface area (Å²) in [5.41, 5.74) is 2.72. The lowest BCUT2D eigenvalue weighted by Gasteiger charge is -1.96. The monoisotopic (exact) mass is 255 g/mol. The zero-order chi connectivity index (χ0) is 13.4. The second-order valence-electron chi connectivity index (χ2n) is 4.54. The molecule has 19 heavy (non-hydrogen) atoms. The van der Waals surface area contributed by atoms with Gasteiger partial charge in [-0.25, -0.2) is 0 Å². The number of furan rings is 1. The average molecular weight is 255 g/mol. The number of anilines is 1. The van der Waals surface area contributed by atoms with Crippen LogP contribution in [-0.2, 0) is 0 Å². The normalized spacial score (nSPS) is 10.8. The summed E-state index contributed by atoms with van der Waals surface area (Å²) in [6.45, 7) is 3.87. The van der Waals surface area contributed by atoms with E-state index in [1.54, 1.807) is 12.1 Å². The van der Waals surface area contributed by atoms with E-state index >= 15 is 0 Å². The number of benzene rings is 1. The number of carbonyl (C=O) groups excluding carboxylic acids is 1. The van der Waals surface area contributed by atoms with Crippen LogP contribution in [0.25, 0.3) is 11.0 Å². The Morgan fingerprint density at radius 3 is 2.84 bits per heavy atom. The fourth-order valence-corrected chi connectivity index (χ4v) is 1.93. The second kappa shape index (κ2) is 4.28. The second-order valence-corrected chi connectivity index (χ2v) is 4.54. The summed E-state index contributed by atoms with van der Waals surface area (Å²) in [7, 11) is 0. The van der Waals surface area contributed by atoms with Crippen LogP contribution in [0.2, 0.25) is 0 Å². The number of fused-ring (bicyclic) bond motifs is 1. The molecule has 0 aliphatic carbocycles. The van der Waals surface area contributed by atoms with Crippen LogP contribution in [0.3, 0.4) is 0 Å². The zero-order valence-electron chi connectivity index (χ0n) is 10.7. The molecule has 0 spiro atoms. The molecule has 0 saturated carbocycles. The van der Waals surface area contributed by atoms with Crippen LogP contribution in [0.5, 0.6) is 0 Å². The minimum Gasteiger partial charge on any atom is -0.451 e. The highest BCUT2D eigenvalue weighted by atomic mass is 16.3. The molecule has 2 heterocycles. The fraction of sp³-hybridized carbons (Fsp3) is 0.143. The van der Waals surface area contributed by atoms with Crippen LogP contribution in [0, 0.1) is 13.8 Å². The standard InChI is InChI=1S/C14H13N3O2/c1-8-3-4-11-10(5-8)7-12(19-11)14(18)15-13-6-9(2)16-17-13/h3-7H,1-2H3,(H2,15,16,17,18). The van der Waals surface area contributed by atoms with E-state index in [4.69, 9.17) is 4.42 Å². The highest BCUT2D eigenvalue weighted by molar-refractivity contribution is 6.04. The number of hydrogen-bond acceptors (Lipinski definition) is 3. The SMILES string of the molecule is Cc1ccc2oc(C(=O)Nc3cc(C)[nH]n3)cc2c1. The highest BCUT2D eigenvalue weighted by Crippen LogP contribution is 2.21. The molecule has 3 rings (SSSR count). The van der Waals surface area contributed by atoms with Crippen molar-refractivity contribution in [3.63, 3.8) is 0 Å². The molecule has 0 unspecified atom stereocenters. The van der Waals surface area contributed by atoms with Gasteiger partial charge in [0.2, 0.25) is 0 Å². The van der Waals surface area contributed by atoms with Crippen molar-refractivity contribution in [1.82, 2.24) is 10.2 Å². The lowest BCUT2D eigenvalue weighted by molar-refractivity contribution is 0.0998. The van der Waals surface area contributed by atoms with E-state index < -0.39 is 0 Å². The van der Waals surface area contributed by atoms with Crippen molar-refractivity contribution in [2.24, 2.45) is 0 Å². The van der Waals surface area contributed by atoms with Gasteiger partial charge in [0, 0.05) is 17.1 Å². The van der Waals surface area contributed by atoms with E-state index in [2.05, 4.69) is 15.5 Å². The first-order valence-electron chi connectivity index (χ1n) is 5.95. The summed E-state index contributed by atoms with van der Waals surface area (Å²) in [6.07, 6.45) is 0. The molecule has 5 heteroatoms. The third kappa shape index (κ3) is 2.22. The van der Waals surface area contributed by atoms with E-state index in [-0.39, 0.29) is 11.7 Å². The van der Waals surface area contributed by atoms with E-state index in [1.165, 1.54) is 0 Å². The van der Waals surface area contributed by atoms with Gasteiger partial charge in [0.25, 0.3) is 5.91 Å². The Labute approximate surface area is 109 Å². The predicted molar refractivity (Wildman–Crippen MR) is 72.2 cm³/mol. The third-order valence-corrected chi connectivity index (χ3v) is 2.84. The first-order valence-corrected chi connectivity index (χ1v) is 5.95. The number of aromatic amines is 1. The quantitative estimate of drug-likeness (QED) is 0.739. The lowest BCUT2D eigenvalue weighted by atomic mass is 10.2. The van der Waals surface area contributed by atoms with Crippen LogP contribution in [0.15, 0.2) is 34.7 Å². The van der Waals surface area contributed by atoms with Crippen molar-refractivity contribution in [3.8, 4) is 0 Å². The van der Waals surface area contributed by atoms with E-state index in [0.717, 1.165) is 16.6 Å². The predicted octanol–water partition coefficient (Wildman–Crippen LogP) is 3.03. The Kier molecular flexibility index (Phi) is 2.59. The maximum Gasteiger partial charge on any atom is 0.292 e.